The summed E-state index contributed by atoms with van der Waals surface area (Å²) in [5, 5.41) is 2.64. The van der Waals surface area contributed by atoms with Gasteiger partial charge in [-0.1, -0.05) is 36.4 Å². The van der Waals surface area contributed by atoms with Crippen LogP contribution in [0.25, 0.3) is 0 Å². The number of carbonyl (C=O) groups excluding carboxylic acids is 1. The smallest absolute Gasteiger partial charge is 0.241 e. The van der Waals surface area contributed by atoms with Gasteiger partial charge in [-0.05, 0) is 43.0 Å². The second-order valence-corrected chi connectivity index (χ2v) is 5.08. The zero-order valence-corrected chi connectivity index (χ0v) is 12.0. The van der Waals surface area contributed by atoms with Crippen LogP contribution in [0.15, 0.2) is 48.5 Å². The van der Waals surface area contributed by atoms with Crippen LogP contribution < -0.4 is 11.1 Å². The number of hydrogen-bond acceptors (Lipinski definition) is 2. The normalized spacial score (nSPS) is 12.0. The Labute approximate surface area is 124 Å². The highest BCUT2D eigenvalue weighted by molar-refractivity contribution is 5.94. The lowest BCUT2D eigenvalue weighted by Crippen LogP contribution is -2.36. The Hall–Kier alpha value is -2.20. The number of anilines is 1. The Bertz CT molecular complexity index is 613. The molecule has 0 heterocycles. The Morgan fingerprint density at radius 2 is 1.95 bits per heavy atom. The molecule has 3 N–H and O–H groups in total. The van der Waals surface area contributed by atoms with Crippen molar-refractivity contribution in [3.63, 3.8) is 0 Å². The summed E-state index contributed by atoms with van der Waals surface area (Å²) >= 11 is 0. The molecular weight excluding hydrogens is 267 g/mol. The van der Waals surface area contributed by atoms with Crippen LogP contribution in [0, 0.1) is 12.7 Å². The highest BCUT2D eigenvalue weighted by atomic mass is 19.1. The average molecular weight is 286 g/mol. The van der Waals surface area contributed by atoms with Gasteiger partial charge in [0.15, 0.2) is 0 Å². The zero-order chi connectivity index (χ0) is 15.2. The number of aryl methyl sites for hydroxylation is 2. The van der Waals surface area contributed by atoms with Crippen LogP contribution in [-0.4, -0.2) is 11.9 Å². The van der Waals surface area contributed by atoms with Crippen molar-refractivity contribution in [3.8, 4) is 0 Å². The van der Waals surface area contributed by atoms with Gasteiger partial charge in [-0.15, -0.1) is 0 Å². The predicted octanol–water partition coefficient (Wildman–Crippen LogP) is 3.03. The maximum atomic E-state index is 13.4. The van der Waals surface area contributed by atoms with E-state index >= 15 is 0 Å². The molecule has 2 rings (SSSR count). The molecule has 2 aromatic carbocycles. The number of nitrogens with two attached hydrogens (primary N) is 1. The van der Waals surface area contributed by atoms with Gasteiger partial charge < -0.3 is 11.1 Å². The number of halogens is 1. The quantitative estimate of drug-likeness (QED) is 0.887. The first-order chi connectivity index (χ1) is 10.1. The summed E-state index contributed by atoms with van der Waals surface area (Å²) in [6.45, 7) is 1.67. The molecule has 1 atom stereocenters. The van der Waals surface area contributed by atoms with Crippen molar-refractivity contribution in [2.75, 3.05) is 5.32 Å². The van der Waals surface area contributed by atoms with Crippen molar-refractivity contribution >= 4 is 11.6 Å². The molecule has 0 saturated carbocycles. The zero-order valence-electron chi connectivity index (χ0n) is 12.0. The van der Waals surface area contributed by atoms with Gasteiger partial charge in [0.05, 0.1) is 6.04 Å². The molecule has 0 bridgehead atoms. The molecule has 2 aromatic rings. The van der Waals surface area contributed by atoms with Gasteiger partial charge in [-0.25, -0.2) is 4.39 Å². The molecule has 0 aromatic heterocycles. The monoisotopic (exact) mass is 286 g/mol. The highest BCUT2D eigenvalue weighted by Gasteiger charge is 2.14. The minimum absolute atomic E-state index is 0.297. The first kappa shape index (κ1) is 15.2. The number of hydrogen-bond donors (Lipinski definition) is 2. The van der Waals surface area contributed by atoms with E-state index in [9.17, 15) is 9.18 Å². The molecule has 21 heavy (non-hydrogen) atoms. The fourth-order valence-corrected chi connectivity index (χ4v) is 2.00. The number of rotatable bonds is 5. The molecule has 0 aliphatic rings. The molecule has 0 unspecified atom stereocenters. The Morgan fingerprint density at radius 3 is 2.62 bits per heavy atom. The van der Waals surface area contributed by atoms with E-state index < -0.39 is 6.04 Å². The Balaban J connectivity index is 1.89. The van der Waals surface area contributed by atoms with E-state index in [0.717, 1.165) is 12.0 Å². The topological polar surface area (TPSA) is 55.1 Å². The van der Waals surface area contributed by atoms with Crippen molar-refractivity contribution in [2.45, 2.75) is 25.8 Å². The summed E-state index contributed by atoms with van der Waals surface area (Å²) in [6, 6.07) is 13.8. The third-order valence-electron chi connectivity index (χ3n) is 3.36. The summed E-state index contributed by atoms with van der Waals surface area (Å²) in [5.41, 5.74) is 7.99. The first-order valence-corrected chi connectivity index (χ1v) is 6.93. The summed E-state index contributed by atoms with van der Waals surface area (Å²) in [4.78, 5) is 12.0. The van der Waals surface area contributed by atoms with E-state index in [2.05, 4.69) is 5.32 Å². The second-order valence-electron chi connectivity index (χ2n) is 5.08. The molecular formula is C17H19FN2O. The van der Waals surface area contributed by atoms with Gasteiger partial charge in [-0.2, -0.15) is 0 Å². The fraction of sp³-hybridized carbons (Fsp3) is 0.235. The molecule has 110 valence electrons. The lowest BCUT2D eigenvalue weighted by atomic mass is 10.1. The highest BCUT2D eigenvalue weighted by Crippen LogP contribution is 2.14. The van der Waals surface area contributed by atoms with Crippen molar-refractivity contribution in [1.29, 1.82) is 0 Å². The minimum Gasteiger partial charge on any atom is -0.325 e. The molecule has 0 spiro atoms. The molecule has 0 radical (unpaired) electrons. The average Bonchev–Trinajstić information content (AvgIpc) is 2.49. The third-order valence-corrected chi connectivity index (χ3v) is 3.36. The SMILES string of the molecule is Cc1ccc(NC(=O)[C@@H](N)CCc2ccccc2)cc1F. The van der Waals surface area contributed by atoms with E-state index in [1.165, 1.54) is 6.07 Å². The van der Waals surface area contributed by atoms with Gasteiger partial charge in [0.2, 0.25) is 5.91 Å². The predicted molar refractivity (Wildman–Crippen MR) is 82.5 cm³/mol. The number of carbonyl (C=O) groups is 1. The van der Waals surface area contributed by atoms with Crippen LogP contribution >= 0.6 is 0 Å². The first-order valence-electron chi connectivity index (χ1n) is 6.93. The van der Waals surface area contributed by atoms with Gasteiger partial charge in [0.1, 0.15) is 5.82 Å². The maximum Gasteiger partial charge on any atom is 0.241 e. The molecule has 0 aliphatic carbocycles. The van der Waals surface area contributed by atoms with Crippen molar-refractivity contribution in [2.24, 2.45) is 5.73 Å². The van der Waals surface area contributed by atoms with Crippen LogP contribution in [0.2, 0.25) is 0 Å². The van der Waals surface area contributed by atoms with Crippen LogP contribution in [-0.2, 0) is 11.2 Å². The van der Waals surface area contributed by atoms with Gasteiger partial charge in [0, 0.05) is 5.69 Å². The van der Waals surface area contributed by atoms with E-state index in [1.54, 1.807) is 19.1 Å². The molecule has 1 amide bonds. The summed E-state index contributed by atoms with van der Waals surface area (Å²) in [7, 11) is 0. The fourth-order valence-electron chi connectivity index (χ4n) is 2.00. The Morgan fingerprint density at radius 1 is 1.24 bits per heavy atom. The third kappa shape index (κ3) is 4.39. The van der Waals surface area contributed by atoms with Crippen LogP contribution in [0.5, 0.6) is 0 Å². The maximum absolute atomic E-state index is 13.4. The van der Waals surface area contributed by atoms with Gasteiger partial charge in [0.25, 0.3) is 0 Å². The number of amides is 1. The van der Waals surface area contributed by atoms with Crippen LogP contribution in [0.4, 0.5) is 10.1 Å². The van der Waals surface area contributed by atoms with Gasteiger partial charge >= 0.3 is 0 Å². The number of benzene rings is 2. The number of nitrogens with one attached hydrogen (secondary N) is 1. The van der Waals surface area contributed by atoms with E-state index in [-0.39, 0.29) is 11.7 Å². The van der Waals surface area contributed by atoms with E-state index in [1.807, 2.05) is 30.3 Å². The van der Waals surface area contributed by atoms with E-state index in [4.69, 9.17) is 5.73 Å². The molecule has 4 heteroatoms. The van der Waals surface area contributed by atoms with Crippen molar-refractivity contribution < 1.29 is 9.18 Å². The second kappa shape index (κ2) is 6.99. The summed E-state index contributed by atoms with van der Waals surface area (Å²) in [5.74, 6) is -0.639. The Kier molecular flexibility index (Phi) is 5.06. The molecule has 0 saturated heterocycles. The lowest BCUT2D eigenvalue weighted by molar-refractivity contribution is -0.117. The summed E-state index contributed by atoms with van der Waals surface area (Å²) < 4.78 is 13.4. The van der Waals surface area contributed by atoms with Crippen LogP contribution in [0.1, 0.15) is 17.5 Å². The summed E-state index contributed by atoms with van der Waals surface area (Å²) in [6.07, 6.45) is 1.28. The van der Waals surface area contributed by atoms with Crippen LogP contribution in [0.3, 0.4) is 0 Å². The van der Waals surface area contributed by atoms with E-state index in [0.29, 0.717) is 17.7 Å². The molecule has 0 fully saturated rings. The van der Waals surface area contributed by atoms with Gasteiger partial charge in [-0.3, -0.25) is 4.79 Å². The lowest BCUT2D eigenvalue weighted by Gasteiger charge is -2.12. The minimum atomic E-state index is -0.616. The van der Waals surface area contributed by atoms with Crippen molar-refractivity contribution in [1.82, 2.24) is 0 Å². The van der Waals surface area contributed by atoms with Crippen molar-refractivity contribution in [3.05, 3.63) is 65.5 Å². The molecule has 0 aliphatic heterocycles. The molecule has 3 nitrogen and oxygen atoms in total. The largest absolute Gasteiger partial charge is 0.325 e. The standard InChI is InChI=1S/C17H19FN2O/c1-12-7-9-14(11-15(12)18)20-17(21)16(19)10-8-13-5-3-2-4-6-13/h2-7,9,11,16H,8,10,19H2,1H3,(H,20,21)/t16-/m0/s1.